The van der Waals surface area contributed by atoms with Gasteiger partial charge in [0.25, 0.3) is 0 Å². The molecule has 6 nitrogen and oxygen atoms in total. The molecule has 6 heteroatoms. The van der Waals surface area contributed by atoms with Gasteiger partial charge in [-0.2, -0.15) is 0 Å². The molecular formula is C18H34N2O4. The SMILES string of the molecule is CC(C)N(OC(=O)[C@H](CC1CCC1)NC(=O)OC(C)(C)C)C(C)C. The number of hydrogen-bond acceptors (Lipinski definition) is 5. The van der Waals surface area contributed by atoms with Crippen molar-refractivity contribution in [2.75, 3.05) is 0 Å². The van der Waals surface area contributed by atoms with Crippen molar-refractivity contribution in [3.8, 4) is 0 Å². The number of rotatable bonds is 7. The Kier molecular flexibility index (Phi) is 7.52. The summed E-state index contributed by atoms with van der Waals surface area (Å²) in [4.78, 5) is 30.2. The van der Waals surface area contributed by atoms with Gasteiger partial charge in [0.15, 0.2) is 0 Å². The summed E-state index contributed by atoms with van der Waals surface area (Å²) in [7, 11) is 0. The summed E-state index contributed by atoms with van der Waals surface area (Å²) in [5, 5.41) is 4.35. The minimum atomic E-state index is -0.676. The van der Waals surface area contributed by atoms with Crippen LogP contribution in [0.15, 0.2) is 0 Å². The first kappa shape index (κ1) is 20.7. The van der Waals surface area contributed by atoms with E-state index in [0.717, 1.165) is 12.8 Å². The monoisotopic (exact) mass is 342 g/mol. The molecule has 0 aromatic heterocycles. The van der Waals surface area contributed by atoms with Gasteiger partial charge in [-0.15, -0.1) is 5.06 Å². The van der Waals surface area contributed by atoms with Crippen LogP contribution in [-0.4, -0.2) is 40.9 Å². The molecule has 24 heavy (non-hydrogen) atoms. The number of hydrogen-bond donors (Lipinski definition) is 1. The summed E-state index contributed by atoms with van der Waals surface area (Å²) < 4.78 is 5.28. The zero-order valence-corrected chi connectivity index (χ0v) is 16.2. The third-order valence-electron chi connectivity index (χ3n) is 3.98. The molecule has 1 aliphatic rings. The summed E-state index contributed by atoms with van der Waals surface area (Å²) >= 11 is 0. The van der Waals surface area contributed by atoms with Gasteiger partial charge in [-0.1, -0.05) is 19.3 Å². The predicted octanol–water partition coefficient (Wildman–Crippen LogP) is 3.65. The quantitative estimate of drug-likeness (QED) is 0.715. The first-order chi connectivity index (χ1) is 11.0. The highest BCUT2D eigenvalue weighted by atomic mass is 16.7. The van der Waals surface area contributed by atoms with Crippen molar-refractivity contribution in [2.45, 2.75) is 97.9 Å². The second kappa shape index (κ2) is 8.70. The van der Waals surface area contributed by atoms with Crippen LogP contribution < -0.4 is 5.32 Å². The molecule has 0 radical (unpaired) electrons. The van der Waals surface area contributed by atoms with Gasteiger partial charge >= 0.3 is 12.1 Å². The third-order valence-corrected chi connectivity index (χ3v) is 3.98. The number of amides is 1. The lowest BCUT2D eigenvalue weighted by atomic mass is 9.81. The van der Waals surface area contributed by atoms with E-state index in [1.54, 1.807) is 25.8 Å². The summed E-state index contributed by atoms with van der Waals surface area (Å²) in [6.07, 6.45) is 3.39. The van der Waals surface area contributed by atoms with Crippen molar-refractivity contribution >= 4 is 12.1 Å². The predicted molar refractivity (Wildman–Crippen MR) is 93.3 cm³/mol. The molecule has 1 aliphatic carbocycles. The topological polar surface area (TPSA) is 67.9 Å². The minimum Gasteiger partial charge on any atom is -0.444 e. The molecule has 0 saturated heterocycles. The minimum absolute atomic E-state index is 0.0693. The Labute approximate surface area is 146 Å². The molecule has 0 bridgehead atoms. The zero-order valence-electron chi connectivity index (χ0n) is 16.2. The number of carbonyl (C=O) groups excluding carboxylic acids is 2. The van der Waals surface area contributed by atoms with Gasteiger partial charge in [0.1, 0.15) is 11.6 Å². The Morgan fingerprint density at radius 1 is 1.12 bits per heavy atom. The van der Waals surface area contributed by atoms with Crippen LogP contribution >= 0.6 is 0 Å². The first-order valence-corrected chi connectivity index (χ1v) is 8.99. The van der Waals surface area contributed by atoms with E-state index in [1.165, 1.54) is 6.42 Å². The number of hydroxylamine groups is 2. The van der Waals surface area contributed by atoms with Crippen LogP contribution in [0.4, 0.5) is 4.79 Å². The van der Waals surface area contributed by atoms with Gasteiger partial charge in [0.05, 0.1) is 0 Å². The number of nitrogens with one attached hydrogen (secondary N) is 1. The molecule has 1 fully saturated rings. The maximum absolute atomic E-state index is 12.6. The highest BCUT2D eigenvalue weighted by molar-refractivity contribution is 5.81. The van der Waals surface area contributed by atoms with Gasteiger partial charge in [0.2, 0.25) is 0 Å². The van der Waals surface area contributed by atoms with E-state index in [0.29, 0.717) is 12.3 Å². The lowest BCUT2D eigenvalue weighted by Gasteiger charge is -2.33. The Morgan fingerprint density at radius 3 is 2.04 bits per heavy atom. The van der Waals surface area contributed by atoms with Gasteiger partial charge in [-0.25, -0.2) is 9.59 Å². The fourth-order valence-corrected chi connectivity index (χ4v) is 2.70. The van der Waals surface area contributed by atoms with Crippen LogP contribution in [0.1, 0.15) is 74.1 Å². The van der Waals surface area contributed by atoms with Gasteiger partial charge in [-0.3, -0.25) is 0 Å². The lowest BCUT2D eigenvalue weighted by Crippen LogP contribution is -2.49. The average Bonchev–Trinajstić information content (AvgIpc) is 2.35. The molecule has 0 aromatic carbocycles. The fourth-order valence-electron chi connectivity index (χ4n) is 2.70. The fraction of sp³-hybridized carbons (Fsp3) is 0.889. The third kappa shape index (κ3) is 7.07. The first-order valence-electron chi connectivity index (χ1n) is 8.99. The normalized spacial score (nSPS) is 16.9. The van der Waals surface area contributed by atoms with Crippen molar-refractivity contribution in [3.05, 3.63) is 0 Å². The van der Waals surface area contributed by atoms with E-state index in [4.69, 9.17) is 9.57 Å². The maximum Gasteiger partial charge on any atom is 0.408 e. The van der Waals surface area contributed by atoms with E-state index < -0.39 is 23.7 Å². The molecule has 0 aromatic rings. The van der Waals surface area contributed by atoms with Crippen LogP contribution in [0.5, 0.6) is 0 Å². The zero-order chi connectivity index (χ0) is 18.5. The van der Waals surface area contributed by atoms with Crippen molar-refractivity contribution < 1.29 is 19.2 Å². The van der Waals surface area contributed by atoms with Crippen molar-refractivity contribution in [1.29, 1.82) is 0 Å². The average molecular weight is 342 g/mol. The van der Waals surface area contributed by atoms with Crippen molar-refractivity contribution in [3.63, 3.8) is 0 Å². The molecule has 0 heterocycles. The molecule has 1 atom stereocenters. The standard InChI is InChI=1S/C18H34N2O4/c1-12(2)20(13(3)4)24-16(21)15(11-14-9-8-10-14)19-17(22)23-18(5,6)7/h12-15H,8-11H2,1-7H3,(H,19,22)/t15-/m0/s1. The molecule has 1 amide bonds. The second-order valence-corrected chi connectivity index (χ2v) is 8.19. The number of nitrogens with zero attached hydrogens (tertiary/aromatic N) is 1. The lowest BCUT2D eigenvalue weighted by molar-refractivity contribution is -0.212. The number of alkyl carbamates (subject to hydrolysis) is 1. The molecule has 0 spiro atoms. The smallest absolute Gasteiger partial charge is 0.408 e. The van der Waals surface area contributed by atoms with Crippen LogP contribution in [0.2, 0.25) is 0 Å². The highest BCUT2D eigenvalue weighted by Crippen LogP contribution is 2.31. The van der Waals surface area contributed by atoms with E-state index >= 15 is 0 Å². The molecule has 1 rings (SSSR count). The Hall–Kier alpha value is -1.30. The van der Waals surface area contributed by atoms with E-state index in [1.807, 2.05) is 27.7 Å². The largest absolute Gasteiger partial charge is 0.444 e. The Morgan fingerprint density at radius 2 is 1.67 bits per heavy atom. The highest BCUT2D eigenvalue weighted by Gasteiger charge is 2.32. The van der Waals surface area contributed by atoms with Crippen molar-refractivity contribution in [2.24, 2.45) is 5.92 Å². The number of carbonyl (C=O) groups is 2. The van der Waals surface area contributed by atoms with Gasteiger partial charge in [-0.05, 0) is 60.8 Å². The molecule has 1 N–H and O–H groups in total. The van der Waals surface area contributed by atoms with Crippen LogP contribution in [0.3, 0.4) is 0 Å². The molecule has 140 valence electrons. The summed E-state index contributed by atoms with van der Waals surface area (Å²) in [6.45, 7) is 13.3. The van der Waals surface area contributed by atoms with Gasteiger partial charge < -0.3 is 14.9 Å². The van der Waals surface area contributed by atoms with E-state index in [9.17, 15) is 9.59 Å². The summed E-state index contributed by atoms with van der Waals surface area (Å²) in [5.74, 6) is 0.0409. The Balaban J connectivity index is 2.72. The van der Waals surface area contributed by atoms with Crippen molar-refractivity contribution in [1.82, 2.24) is 10.4 Å². The molecule has 0 aliphatic heterocycles. The number of ether oxygens (including phenoxy) is 1. The van der Waals surface area contributed by atoms with E-state index in [2.05, 4.69) is 5.32 Å². The van der Waals surface area contributed by atoms with Crippen LogP contribution in [0.25, 0.3) is 0 Å². The maximum atomic E-state index is 12.6. The summed E-state index contributed by atoms with van der Waals surface area (Å²) in [6, 6.07) is -0.537. The molecule has 1 saturated carbocycles. The molecular weight excluding hydrogens is 308 g/mol. The van der Waals surface area contributed by atoms with Crippen LogP contribution in [-0.2, 0) is 14.4 Å². The summed E-state index contributed by atoms with van der Waals surface area (Å²) in [5.41, 5.74) is -0.600. The van der Waals surface area contributed by atoms with Crippen LogP contribution in [0, 0.1) is 5.92 Å². The Bertz CT molecular complexity index is 417. The second-order valence-electron chi connectivity index (χ2n) is 8.19. The van der Waals surface area contributed by atoms with Gasteiger partial charge in [0, 0.05) is 12.1 Å². The van der Waals surface area contributed by atoms with E-state index in [-0.39, 0.29) is 12.1 Å². The molecule has 0 unspecified atom stereocenters.